The van der Waals surface area contributed by atoms with Gasteiger partial charge in [0.05, 0.1) is 16.4 Å². The molecule has 0 aliphatic heterocycles. The molecule has 2 aromatic heterocycles. The Morgan fingerprint density at radius 1 is 1.43 bits per heavy atom. The predicted molar refractivity (Wildman–Crippen MR) is 83.7 cm³/mol. The van der Waals surface area contributed by atoms with Gasteiger partial charge in [0.15, 0.2) is 0 Å². The van der Waals surface area contributed by atoms with Crippen molar-refractivity contribution >= 4 is 21.8 Å². The number of amides is 1. The molecule has 2 rings (SSSR count). The summed E-state index contributed by atoms with van der Waals surface area (Å²) in [6.45, 7) is 8.95. The van der Waals surface area contributed by atoms with E-state index in [-0.39, 0.29) is 5.91 Å². The van der Waals surface area contributed by atoms with Crippen LogP contribution in [0.25, 0.3) is 0 Å². The quantitative estimate of drug-likeness (QED) is 0.896. The molecule has 1 amide bonds. The van der Waals surface area contributed by atoms with Gasteiger partial charge in [-0.25, -0.2) is 0 Å². The third kappa shape index (κ3) is 3.34. The standard InChI is InChI=1S/C14H20BrN5O/c1-5-19-8-11(10(2)18-19)6-16-13(21)14(3,4)20-9-12(15)7-17-20/h7-9H,5-6H2,1-4H3,(H,16,21). The average molecular weight is 354 g/mol. The first-order valence-electron chi connectivity index (χ1n) is 6.86. The summed E-state index contributed by atoms with van der Waals surface area (Å²) < 4.78 is 4.37. The van der Waals surface area contributed by atoms with E-state index in [4.69, 9.17) is 0 Å². The Morgan fingerprint density at radius 2 is 2.14 bits per heavy atom. The van der Waals surface area contributed by atoms with Gasteiger partial charge in [0.2, 0.25) is 5.91 Å². The van der Waals surface area contributed by atoms with Crippen LogP contribution in [0.4, 0.5) is 0 Å². The summed E-state index contributed by atoms with van der Waals surface area (Å²) in [5.41, 5.74) is 1.22. The Morgan fingerprint density at radius 3 is 2.67 bits per heavy atom. The van der Waals surface area contributed by atoms with Gasteiger partial charge in [0.25, 0.3) is 0 Å². The van der Waals surface area contributed by atoms with Crippen LogP contribution >= 0.6 is 15.9 Å². The minimum absolute atomic E-state index is 0.0817. The first-order chi connectivity index (χ1) is 9.84. The molecule has 21 heavy (non-hydrogen) atoms. The van der Waals surface area contributed by atoms with Crippen LogP contribution in [0.5, 0.6) is 0 Å². The van der Waals surface area contributed by atoms with E-state index in [0.29, 0.717) is 6.54 Å². The van der Waals surface area contributed by atoms with Crippen molar-refractivity contribution in [3.05, 3.63) is 34.3 Å². The predicted octanol–water partition coefficient (Wildman–Crippen LogP) is 2.22. The average Bonchev–Trinajstić information content (AvgIpc) is 3.02. The number of hydrogen-bond acceptors (Lipinski definition) is 3. The third-order valence-electron chi connectivity index (χ3n) is 3.49. The van der Waals surface area contributed by atoms with E-state index in [9.17, 15) is 4.79 Å². The van der Waals surface area contributed by atoms with E-state index in [1.54, 1.807) is 17.1 Å². The van der Waals surface area contributed by atoms with Crippen molar-refractivity contribution in [3.8, 4) is 0 Å². The number of carbonyl (C=O) groups excluding carboxylic acids is 1. The molecule has 0 unspecified atom stereocenters. The van der Waals surface area contributed by atoms with Gasteiger partial charge in [0, 0.05) is 31.0 Å². The lowest BCUT2D eigenvalue weighted by Crippen LogP contribution is -2.44. The highest BCUT2D eigenvalue weighted by Crippen LogP contribution is 2.18. The maximum Gasteiger partial charge on any atom is 0.247 e. The van der Waals surface area contributed by atoms with Crippen LogP contribution in [0.15, 0.2) is 23.1 Å². The molecule has 0 fully saturated rings. The molecule has 114 valence electrons. The second-order valence-corrected chi connectivity index (χ2v) is 6.36. The third-order valence-corrected chi connectivity index (χ3v) is 3.90. The molecule has 0 aliphatic rings. The number of nitrogens with zero attached hydrogens (tertiary/aromatic N) is 4. The fourth-order valence-corrected chi connectivity index (χ4v) is 2.28. The van der Waals surface area contributed by atoms with Crippen molar-refractivity contribution < 1.29 is 4.79 Å². The molecule has 7 heteroatoms. The number of aryl methyl sites for hydroxylation is 2. The van der Waals surface area contributed by atoms with Crippen LogP contribution in [-0.2, 0) is 23.4 Å². The Kier molecular flexibility index (Phi) is 4.51. The fourth-order valence-electron chi connectivity index (χ4n) is 2.00. The van der Waals surface area contributed by atoms with Crippen LogP contribution in [0, 0.1) is 6.92 Å². The van der Waals surface area contributed by atoms with E-state index in [1.807, 2.05) is 38.6 Å². The molecule has 2 aromatic rings. The fraction of sp³-hybridized carbons (Fsp3) is 0.500. The highest BCUT2D eigenvalue weighted by atomic mass is 79.9. The number of carbonyl (C=O) groups is 1. The van der Waals surface area contributed by atoms with Gasteiger partial charge in [-0.05, 0) is 43.6 Å². The second kappa shape index (κ2) is 6.01. The molecular weight excluding hydrogens is 334 g/mol. The van der Waals surface area contributed by atoms with Crippen molar-refractivity contribution in [1.29, 1.82) is 0 Å². The molecule has 0 atom stereocenters. The second-order valence-electron chi connectivity index (χ2n) is 5.44. The van der Waals surface area contributed by atoms with E-state index in [1.165, 1.54) is 0 Å². The van der Waals surface area contributed by atoms with Crippen molar-refractivity contribution in [1.82, 2.24) is 24.9 Å². The maximum atomic E-state index is 12.4. The molecule has 6 nitrogen and oxygen atoms in total. The van der Waals surface area contributed by atoms with Gasteiger partial charge in [-0.15, -0.1) is 0 Å². The highest BCUT2D eigenvalue weighted by molar-refractivity contribution is 9.10. The van der Waals surface area contributed by atoms with E-state index in [0.717, 1.165) is 22.3 Å². The first-order valence-corrected chi connectivity index (χ1v) is 7.65. The van der Waals surface area contributed by atoms with Crippen LogP contribution in [0.1, 0.15) is 32.0 Å². The molecule has 0 radical (unpaired) electrons. The Balaban J connectivity index is 2.05. The van der Waals surface area contributed by atoms with E-state index >= 15 is 0 Å². The van der Waals surface area contributed by atoms with Gasteiger partial charge in [0.1, 0.15) is 5.54 Å². The summed E-state index contributed by atoms with van der Waals surface area (Å²) in [5.74, 6) is -0.0817. The molecular formula is C14H20BrN5O. The van der Waals surface area contributed by atoms with Crippen molar-refractivity contribution in [3.63, 3.8) is 0 Å². The number of aromatic nitrogens is 4. The van der Waals surface area contributed by atoms with Crippen LogP contribution in [0.3, 0.4) is 0 Å². The molecule has 2 heterocycles. The van der Waals surface area contributed by atoms with Crippen LogP contribution < -0.4 is 5.32 Å². The summed E-state index contributed by atoms with van der Waals surface area (Å²) in [6, 6.07) is 0. The number of rotatable bonds is 5. The van der Waals surface area contributed by atoms with E-state index < -0.39 is 5.54 Å². The van der Waals surface area contributed by atoms with Gasteiger partial charge < -0.3 is 5.32 Å². The zero-order chi connectivity index (χ0) is 15.6. The summed E-state index contributed by atoms with van der Waals surface area (Å²) in [4.78, 5) is 12.4. The SMILES string of the molecule is CCn1cc(CNC(=O)C(C)(C)n2cc(Br)cn2)c(C)n1. The Hall–Kier alpha value is -1.63. The Labute approximate surface area is 132 Å². The lowest BCUT2D eigenvalue weighted by Gasteiger charge is -2.24. The summed E-state index contributed by atoms with van der Waals surface area (Å²) in [5, 5.41) is 11.5. The number of nitrogens with one attached hydrogen (secondary N) is 1. The Bertz CT molecular complexity index is 644. The maximum absolute atomic E-state index is 12.4. The first kappa shape index (κ1) is 15.8. The largest absolute Gasteiger partial charge is 0.350 e. The van der Waals surface area contributed by atoms with E-state index in [2.05, 4.69) is 31.4 Å². The normalized spacial score (nSPS) is 11.7. The molecule has 0 spiro atoms. The lowest BCUT2D eigenvalue weighted by molar-refractivity contribution is -0.129. The van der Waals surface area contributed by atoms with Crippen LogP contribution in [-0.4, -0.2) is 25.5 Å². The molecule has 0 aliphatic carbocycles. The van der Waals surface area contributed by atoms with Gasteiger partial charge in [-0.2, -0.15) is 10.2 Å². The monoisotopic (exact) mass is 353 g/mol. The molecule has 0 saturated carbocycles. The topological polar surface area (TPSA) is 64.7 Å². The van der Waals surface area contributed by atoms with Crippen molar-refractivity contribution in [2.75, 3.05) is 0 Å². The zero-order valence-electron chi connectivity index (χ0n) is 12.7. The van der Waals surface area contributed by atoms with Crippen molar-refractivity contribution in [2.45, 2.75) is 46.3 Å². The van der Waals surface area contributed by atoms with Crippen LogP contribution in [0.2, 0.25) is 0 Å². The van der Waals surface area contributed by atoms with Gasteiger partial charge in [-0.3, -0.25) is 14.2 Å². The summed E-state index contributed by atoms with van der Waals surface area (Å²) >= 11 is 3.34. The summed E-state index contributed by atoms with van der Waals surface area (Å²) in [6.07, 6.45) is 5.43. The molecule has 0 aromatic carbocycles. The zero-order valence-corrected chi connectivity index (χ0v) is 14.3. The summed E-state index contributed by atoms with van der Waals surface area (Å²) in [7, 11) is 0. The lowest BCUT2D eigenvalue weighted by atomic mass is 10.0. The molecule has 0 saturated heterocycles. The minimum Gasteiger partial charge on any atom is -0.350 e. The van der Waals surface area contributed by atoms with Crippen molar-refractivity contribution in [2.24, 2.45) is 0 Å². The van der Waals surface area contributed by atoms with Gasteiger partial charge >= 0.3 is 0 Å². The number of halogens is 1. The minimum atomic E-state index is -0.749. The molecule has 0 bridgehead atoms. The smallest absolute Gasteiger partial charge is 0.247 e. The highest BCUT2D eigenvalue weighted by Gasteiger charge is 2.30. The molecule has 1 N–H and O–H groups in total. The number of hydrogen-bond donors (Lipinski definition) is 1. The van der Waals surface area contributed by atoms with Gasteiger partial charge in [-0.1, -0.05) is 0 Å².